The molecule has 3 aliphatic heterocycles. The monoisotopic (exact) mass is 1420 g/mol. The van der Waals surface area contributed by atoms with Gasteiger partial charge >= 0.3 is 11.9 Å². The molecule has 9 unspecified atom stereocenters. The lowest BCUT2D eigenvalue weighted by atomic mass is 9.63. The Hall–Kier alpha value is -1.40. The standard InChI is InChI=1S/C13H26O2.C12H22O4.C11H20O4.C11H22O3.C9H20O3.C9H22O2Si.12CH4/c1-5-12(2,3)11(15-14)13(4)9-7-6-8-10-13;1-5-11(2,3)10(16-14)12(4)6-7-15-9(13)8-12;1-5-10(2,3)8(15-13)11(4)6-7-14-9(11)12;1-4-11(2,3)10(14-12)9-7-5-6-8-13-9;1-5-9(3,4)8(12-10)7-11-6-2;1-7-9(2,3)8(11-10)12(4,5)6;;;;;;;;;;;;/h11,14H,5-10H2,1-4H3;10,14H,5-8H2,1-4H3;8,13H,5-7H2,1-4H3;9-10,12H,4-8H2,1-3H3;8,10H,5-7H2,1-4H3;8,10H,7H2,1-6H3;12*1H4. The molecule has 0 amide bonds. The minimum atomic E-state index is -1.42. The lowest BCUT2D eigenvalue weighted by Crippen LogP contribution is -2.49. The van der Waals surface area contributed by atoms with Crippen molar-refractivity contribution >= 4 is 20.0 Å². The summed E-state index contributed by atoms with van der Waals surface area (Å²) in [5.74, 6) is -0.481. The van der Waals surface area contributed by atoms with Crippen molar-refractivity contribution in [3.63, 3.8) is 0 Å². The molecule has 0 aromatic rings. The van der Waals surface area contributed by atoms with Crippen molar-refractivity contribution in [1.29, 1.82) is 0 Å². The average Bonchev–Trinajstić information content (AvgIpc) is 1.36. The highest BCUT2D eigenvalue weighted by Crippen LogP contribution is 2.48. The van der Waals surface area contributed by atoms with Gasteiger partial charge in [0.2, 0.25) is 0 Å². The smallest absolute Gasteiger partial charge is 0.314 e. The average molecular weight is 1420 g/mol. The highest BCUT2D eigenvalue weighted by atomic mass is 28.3. The van der Waals surface area contributed by atoms with Crippen LogP contribution >= 0.6 is 0 Å². The molecule has 0 bridgehead atoms. The molecule has 0 aromatic heterocycles. The Kier molecular flexibility index (Phi) is 77.1. The van der Waals surface area contributed by atoms with Crippen LogP contribution in [0.5, 0.6) is 0 Å². The van der Waals surface area contributed by atoms with Gasteiger partial charge in [-0.3, -0.25) is 41.1 Å². The van der Waals surface area contributed by atoms with Gasteiger partial charge in [0, 0.05) is 25.0 Å². The van der Waals surface area contributed by atoms with E-state index in [1.54, 1.807) is 6.92 Å². The Labute approximate surface area is 601 Å². The number of carbonyl (C=O) groups excluding carboxylic acids is 2. The maximum atomic E-state index is 11.6. The molecule has 0 radical (unpaired) electrons. The third-order valence-electron chi connectivity index (χ3n) is 20.1. The molecule has 96 heavy (non-hydrogen) atoms. The minimum absolute atomic E-state index is 0. The second kappa shape index (κ2) is 58.0. The summed E-state index contributed by atoms with van der Waals surface area (Å²) in [6.07, 6.45) is 15.6. The predicted molar refractivity (Wildman–Crippen MR) is 417 cm³/mol. The summed E-state index contributed by atoms with van der Waals surface area (Å²) in [5.41, 5.74) is -1.24. The molecule has 4 rings (SSSR count). The molecule has 3 heterocycles. The van der Waals surface area contributed by atoms with E-state index in [1.165, 1.54) is 38.5 Å². The molecule has 3 saturated heterocycles. The number of esters is 2. The Morgan fingerprint density at radius 2 is 0.844 bits per heavy atom. The first-order valence-electron chi connectivity index (χ1n) is 32.0. The molecule has 600 valence electrons. The maximum absolute atomic E-state index is 11.6. The van der Waals surface area contributed by atoms with E-state index in [4.69, 9.17) is 50.1 Å². The summed E-state index contributed by atoms with van der Waals surface area (Å²) >= 11 is 0. The highest BCUT2D eigenvalue weighted by molar-refractivity contribution is 6.77. The fourth-order valence-electron chi connectivity index (χ4n) is 12.1. The molecular formula is C77H180O18Si. The summed E-state index contributed by atoms with van der Waals surface area (Å²) in [5, 5.41) is 53.9. The summed E-state index contributed by atoms with van der Waals surface area (Å²) in [4.78, 5) is 50.7. The van der Waals surface area contributed by atoms with Gasteiger partial charge in [0.1, 0.15) is 30.5 Å². The van der Waals surface area contributed by atoms with Crippen molar-refractivity contribution in [3.05, 3.63) is 0 Å². The number of cyclic esters (lactones) is 2. The Bertz CT molecular complexity index is 1760. The molecular weight excluding hydrogens is 1240 g/mol. The van der Waals surface area contributed by atoms with Crippen molar-refractivity contribution in [2.24, 2.45) is 48.7 Å². The van der Waals surface area contributed by atoms with Crippen LogP contribution in [0.15, 0.2) is 0 Å². The topological polar surface area (TPSA) is 248 Å². The molecule has 1 aliphatic carbocycles. The van der Waals surface area contributed by atoms with Crippen LogP contribution in [0.4, 0.5) is 0 Å². The van der Waals surface area contributed by atoms with E-state index in [-0.39, 0.29) is 181 Å². The molecule has 4 fully saturated rings. The quantitative estimate of drug-likeness (QED) is 0.0204. The van der Waals surface area contributed by atoms with Crippen molar-refractivity contribution in [1.82, 2.24) is 0 Å². The van der Waals surface area contributed by atoms with Crippen molar-refractivity contribution in [2.45, 2.75) is 413 Å². The number of hydrogen-bond acceptors (Lipinski definition) is 18. The second-order valence-corrected chi connectivity index (χ2v) is 35.6. The summed E-state index contributed by atoms with van der Waals surface area (Å²) < 4.78 is 20.7. The van der Waals surface area contributed by atoms with Gasteiger partial charge in [-0.25, -0.2) is 29.3 Å². The van der Waals surface area contributed by atoms with Gasteiger partial charge in [0.25, 0.3) is 0 Å². The molecule has 4 aliphatic rings. The van der Waals surface area contributed by atoms with Gasteiger partial charge in [-0.1, -0.05) is 266 Å². The third kappa shape index (κ3) is 39.9. The van der Waals surface area contributed by atoms with Gasteiger partial charge in [-0.2, -0.15) is 0 Å². The van der Waals surface area contributed by atoms with Crippen LogP contribution in [0.1, 0.15) is 351 Å². The van der Waals surface area contributed by atoms with E-state index in [0.29, 0.717) is 39.3 Å². The molecule has 9 atom stereocenters. The second-order valence-electron chi connectivity index (χ2n) is 30.4. The number of hydrogen-bond donors (Lipinski definition) is 6. The van der Waals surface area contributed by atoms with Crippen molar-refractivity contribution in [3.8, 4) is 0 Å². The van der Waals surface area contributed by atoms with Crippen LogP contribution in [-0.2, 0) is 57.9 Å². The van der Waals surface area contributed by atoms with Gasteiger partial charge in [-0.05, 0) is 129 Å². The first-order valence-corrected chi connectivity index (χ1v) is 35.6. The van der Waals surface area contributed by atoms with E-state index < -0.39 is 19.6 Å². The molecule has 0 aromatic carbocycles. The number of ether oxygens (including phenoxy) is 4. The largest absolute Gasteiger partial charge is 0.466 e. The first kappa shape index (κ1) is 128. The number of carbonyl (C=O) groups is 2. The van der Waals surface area contributed by atoms with Crippen molar-refractivity contribution < 1.29 is 89.4 Å². The lowest BCUT2D eigenvalue weighted by Gasteiger charge is -2.46. The van der Waals surface area contributed by atoms with Crippen LogP contribution in [0, 0.1) is 48.7 Å². The van der Waals surface area contributed by atoms with Gasteiger partial charge in [-0.15, -0.1) is 0 Å². The van der Waals surface area contributed by atoms with Crippen LogP contribution in [0.2, 0.25) is 19.6 Å². The Morgan fingerprint density at radius 3 is 1.14 bits per heavy atom. The van der Waals surface area contributed by atoms with E-state index in [0.717, 1.165) is 64.4 Å². The van der Waals surface area contributed by atoms with Crippen LogP contribution < -0.4 is 0 Å². The Balaban J connectivity index is -0.0000000685. The lowest BCUT2D eigenvalue weighted by molar-refractivity contribution is -0.331. The van der Waals surface area contributed by atoms with Crippen LogP contribution in [0.3, 0.4) is 0 Å². The van der Waals surface area contributed by atoms with Crippen LogP contribution in [-0.4, -0.2) is 127 Å². The first-order chi connectivity index (χ1) is 38.6. The number of rotatable bonds is 26. The summed E-state index contributed by atoms with van der Waals surface area (Å²) in [6, 6.07) is 0. The summed E-state index contributed by atoms with van der Waals surface area (Å²) in [6.45, 7) is 54.9. The zero-order valence-corrected chi connectivity index (χ0v) is 59.2. The zero-order chi connectivity index (χ0) is 65.8. The fourth-order valence-corrected chi connectivity index (χ4v) is 15.0. The van der Waals surface area contributed by atoms with E-state index in [1.807, 2.05) is 62.3 Å². The Morgan fingerprint density at radius 1 is 0.448 bits per heavy atom. The molecule has 1 saturated carbocycles. The van der Waals surface area contributed by atoms with Crippen LogP contribution in [0.25, 0.3) is 0 Å². The van der Waals surface area contributed by atoms with E-state index in [2.05, 4.69) is 127 Å². The molecule has 6 N–H and O–H groups in total. The predicted octanol–water partition coefficient (Wildman–Crippen LogP) is 25.1. The van der Waals surface area contributed by atoms with Gasteiger partial charge < -0.3 is 18.9 Å². The van der Waals surface area contributed by atoms with Gasteiger partial charge in [0.05, 0.1) is 51.6 Å². The van der Waals surface area contributed by atoms with E-state index in [9.17, 15) is 14.8 Å². The normalized spacial score (nSPS) is 20.7. The minimum Gasteiger partial charge on any atom is -0.466 e. The molecule has 18 nitrogen and oxygen atoms in total. The molecule has 19 heteroatoms. The maximum Gasteiger partial charge on any atom is 0.314 e. The van der Waals surface area contributed by atoms with Crippen molar-refractivity contribution in [2.75, 3.05) is 33.0 Å². The van der Waals surface area contributed by atoms with Gasteiger partial charge in [0.15, 0.2) is 0 Å². The highest BCUT2D eigenvalue weighted by Gasteiger charge is 2.54. The molecule has 0 spiro atoms. The fraction of sp³-hybridized carbons (Fsp3) is 0.974. The van der Waals surface area contributed by atoms with E-state index >= 15 is 0 Å². The zero-order valence-electron chi connectivity index (χ0n) is 58.2. The summed E-state index contributed by atoms with van der Waals surface area (Å²) in [7, 11) is -1.42. The SMILES string of the molecule is C.C.C.C.C.C.C.C.C.C.C.C.CCC(C)(C)C(OO)C1(C)CCCCC1.CCC(C)(C)C(OO)C1(C)CCOC(=O)C1.CCC(C)(C)C(OO)C1(C)CCOC1=O.CCC(C)(C)C(OO)C1CCCCO1.CCC(C)(C)C(OO)[Si](C)(C)C.CCOCC(OO)C(C)(C)CC. The third-order valence-corrected chi connectivity index (χ3v) is 22.5.